The van der Waals surface area contributed by atoms with Gasteiger partial charge in [-0.2, -0.15) is 10.5 Å². The van der Waals surface area contributed by atoms with Crippen LogP contribution in [0.15, 0.2) is 48.8 Å². The number of carbonyl (C=O) groups is 1. The molecule has 4 N–H and O–H groups in total. The monoisotopic (exact) mass is 553 g/mol. The van der Waals surface area contributed by atoms with Gasteiger partial charge in [0.1, 0.15) is 23.4 Å². The van der Waals surface area contributed by atoms with Crippen LogP contribution in [0, 0.1) is 28.1 Å². The standard InChI is InChI=1S/C29H28ClN9O/c1-28(2,3)16-35-25-18(13-32)14-34-24-17(12-31)10-19(11-21(24)25)36-26(20-6-4-5-7-22(20)30)23-15-39(38-37-23)29(8-9-29)27(33)40/h4-7,10-11,14-15,26,36H,8-9,16H2,1-3H3,(H2,33,40)(H,34,35). The van der Waals surface area contributed by atoms with Gasteiger partial charge in [0.2, 0.25) is 5.91 Å². The van der Waals surface area contributed by atoms with Crippen LogP contribution in [-0.4, -0.2) is 32.4 Å². The van der Waals surface area contributed by atoms with Crippen LogP contribution in [0.3, 0.4) is 0 Å². The molecule has 2 aromatic heterocycles. The van der Waals surface area contributed by atoms with Gasteiger partial charge in [0.05, 0.1) is 34.6 Å². The van der Waals surface area contributed by atoms with E-state index >= 15 is 0 Å². The van der Waals surface area contributed by atoms with E-state index in [0.717, 1.165) is 5.56 Å². The van der Waals surface area contributed by atoms with Crippen molar-refractivity contribution < 1.29 is 4.79 Å². The smallest absolute Gasteiger partial charge is 0.245 e. The first-order chi connectivity index (χ1) is 19.1. The molecule has 4 aromatic rings. The van der Waals surface area contributed by atoms with Gasteiger partial charge in [0.25, 0.3) is 0 Å². The van der Waals surface area contributed by atoms with Gasteiger partial charge in [0, 0.05) is 28.8 Å². The van der Waals surface area contributed by atoms with Crippen LogP contribution in [0.4, 0.5) is 11.4 Å². The highest BCUT2D eigenvalue weighted by Crippen LogP contribution is 2.43. The van der Waals surface area contributed by atoms with Gasteiger partial charge in [-0.05, 0) is 42.0 Å². The molecule has 1 unspecified atom stereocenters. The molecular weight excluding hydrogens is 526 g/mol. The van der Waals surface area contributed by atoms with E-state index in [2.05, 4.69) is 58.8 Å². The quantitative estimate of drug-likeness (QED) is 0.279. The number of pyridine rings is 1. The molecule has 2 heterocycles. The van der Waals surface area contributed by atoms with Crippen molar-refractivity contribution in [1.29, 1.82) is 10.5 Å². The Balaban J connectivity index is 1.63. The second-order valence-corrected chi connectivity index (χ2v) is 11.6. The van der Waals surface area contributed by atoms with Crippen LogP contribution >= 0.6 is 11.6 Å². The van der Waals surface area contributed by atoms with Gasteiger partial charge in [-0.3, -0.25) is 9.78 Å². The van der Waals surface area contributed by atoms with E-state index in [0.29, 0.717) is 63.5 Å². The number of nitrogens with zero attached hydrogens (tertiary/aromatic N) is 6. The summed E-state index contributed by atoms with van der Waals surface area (Å²) in [5, 5.41) is 36.4. The van der Waals surface area contributed by atoms with E-state index < -0.39 is 17.5 Å². The number of aromatic nitrogens is 4. The van der Waals surface area contributed by atoms with Crippen molar-refractivity contribution in [3.05, 3.63) is 76.2 Å². The molecule has 40 heavy (non-hydrogen) atoms. The fourth-order valence-corrected chi connectivity index (χ4v) is 4.86. The molecule has 202 valence electrons. The summed E-state index contributed by atoms with van der Waals surface area (Å²) in [6.07, 6.45) is 4.39. The Hall–Kier alpha value is -4.67. The molecule has 1 aliphatic carbocycles. The third-order valence-corrected chi connectivity index (χ3v) is 7.31. The van der Waals surface area contributed by atoms with Gasteiger partial charge >= 0.3 is 0 Å². The van der Waals surface area contributed by atoms with E-state index in [4.69, 9.17) is 17.3 Å². The van der Waals surface area contributed by atoms with Gasteiger partial charge in [-0.1, -0.05) is 55.8 Å². The average molecular weight is 554 g/mol. The zero-order valence-corrected chi connectivity index (χ0v) is 23.1. The fraction of sp³-hybridized carbons (Fsp3) is 0.310. The van der Waals surface area contributed by atoms with E-state index in [1.165, 1.54) is 10.9 Å². The summed E-state index contributed by atoms with van der Waals surface area (Å²) in [6, 6.07) is 14.8. The van der Waals surface area contributed by atoms with Crippen LogP contribution in [0.1, 0.15) is 62.0 Å². The predicted molar refractivity (Wildman–Crippen MR) is 152 cm³/mol. The van der Waals surface area contributed by atoms with Gasteiger partial charge in [-0.15, -0.1) is 5.10 Å². The number of nitrogens with two attached hydrogens (primary N) is 1. The molecule has 1 amide bonds. The van der Waals surface area contributed by atoms with Crippen LogP contribution in [0.5, 0.6) is 0 Å². The first-order valence-corrected chi connectivity index (χ1v) is 13.2. The Morgan fingerprint density at radius 3 is 2.55 bits per heavy atom. The molecule has 0 bridgehead atoms. The number of carbonyl (C=O) groups excluding carboxylic acids is 1. The van der Waals surface area contributed by atoms with Crippen molar-refractivity contribution in [2.24, 2.45) is 11.1 Å². The van der Waals surface area contributed by atoms with Gasteiger partial charge < -0.3 is 16.4 Å². The number of primary amides is 1. The first-order valence-electron chi connectivity index (χ1n) is 12.8. The van der Waals surface area contributed by atoms with Gasteiger partial charge in [-0.25, -0.2) is 4.68 Å². The van der Waals surface area contributed by atoms with Crippen molar-refractivity contribution in [1.82, 2.24) is 20.0 Å². The number of nitrogens with one attached hydrogen (secondary N) is 2. The Labute approximate surface area is 236 Å². The molecule has 10 nitrogen and oxygen atoms in total. The molecule has 1 aliphatic rings. The van der Waals surface area contributed by atoms with Crippen LogP contribution in [0.25, 0.3) is 10.9 Å². The number of benzene rings is 2. The molecule has 5 rings (SSSR count). The molecule has 0 spiro atoms. The Kier molecular flexibility index (Phi) is 6.82. The van der Waals surface area contributed by atoms with Crippen LogP contribution < -0.4 is 16.4 Å². The summed E-state index contributed by atoms with van der Waals surface area (Å²) in [6.45, 7) is 6.88. The van der Waals surface area contributed by atoms with Crippen molar-refractivity contribution in [3.63, 3.8) is 0 Å². The minimum atomic E-state index is -0.861. The maximum absolute atomic E-state index is 12.1. The number of fused-ring (bicyclic) bond motifs is 1. The molecular formula is C29H28ClN9O. The maximum Gasteiger partial charge on any atom is 0.245 e. The zero-order chi connectivity index (χ0) is 28.7. The fourth-order valence-electron chi connectivity index (χ4n) is 4.61. The van der Waals surface area contributed by atoms with Crippen molar-refractivity contribution in [2.75, 3.05) is 17.2 Å². The van der Waals surface area contributed by atoms with Gasteiger partial charge in [0.15, 0.2) is 0 Å². The number of anilines is 2. The third-order valence-electron chi connectivity index (χ3n) is 6.96. The lowest BCUT2D eigenvalue weighted by molar-refractivity contribution is -0.122. The third kappa shape index (κ3) is 5.02. The molecule has 0 saturated heterocycles. The number of hydrogen-bond donors (Lipinski definition) is 3. The normalized spacial score (nSPS) is 14.7. The molecule has 2 aromatic carbocycles. The van der Waals surface area contributed by atoms with E-state index in [1.807, 2.05) is 24.3 Å². The highest BCUT2D eigenvalue weighted by atomic mass is 35.5. The lowest BCUT2D eigenvalue weighted by Crippen LogP contribution is -2.34. The summed E-state index contributed by atoms with van der Waals surface area (Å²) in [7, 11) is 0. The lowest BCUT2D eigenvalue weighted by Gasteiger charge is -2.22. The second kappa shape index (κ2) is 10.1. The Morgan fingerprint density at radius 2 is 1.93 bits per heavy atom. The Morgan fingerprint density at radius 1 is 1.20 bits per heavy atom. The largest absolute Gasteiger partial charge is 0.383 e. The molecule has 1 fully saturated rings. The zero-order valence-electron chi connectivity index (χ0n) is 22.4. The summed E-state index contributed by atoms with van der Waals surface area (Å²) in [5.74, 6) is -0.449. The van der Waals surface area contributed by atoms with Crippen molar-refractivity contribution >= 4 is 39.8 Å². The minimum Gasteiger partial charge on any atom is -0.383 e. The SMILES string of the molecule is CC(C)(C)CNc1c(C#N)cnc2c(C#N)cc(NC(c3cn(C4(C(N)=O)CC4)nn3)c3ccccc3Cl)cc12. The lowest BCUT2D eigenvalue weighted by atomic mass is 9.96. The summed E-state index contributed by atoms with van der Waals surface area (Å²) < 4.78 is 1.52. The molecule has 0 aliphatic heterocycles. The average Bonchev–Trinajstić information content (AvgIpc) is 3.60. The summed E-state index contributed by atoms with van der Waals surface area (Å²) in [5.41, 5.74) is 8.40. The topological polar surface area (TPSA) is 158 Å². The molecule has 1 atom stereocenters. The Bertz CT molecular complexity index is 1700. The molecule has 1 saturated carbocycles. The number of hydrogen-bond acceptors (Lipinski definition) is 8. The summed E-state index contributed by atoms with van der Waals surface area (Å²) in [4.78, 5) is 16.5. The van der Waals surface area contributed by atoms with E-state index in [9.17, 15) is 15.3 Å². The highest BCUT2D eigenvalue weighted by molar-refractivity contribution is 6.31. The molecule has 11 heteroatoms. The number of nitriles is 2. The number of rotatable bonds is 8. The van der Waals surface area contributed by atoms with Crippen LogP contribution in [-0.2, 0) is 10.3 Å². The minimum absolute atomic E-state index is 0.0545. The number of halogens is 1. The van der Waals surface area contributed by atoms with Crippen molar-refractivity contribution in [3.8, 4) is 12.1 Å². The van der Waals surface area contributed by atoms with Crippen LogP contribution in [0.2, 0.25) is 5.02 Å². The predicted octanol–water partition coefficient (Wildman–Crippen LogP) is 4.86. The van der Waals surface area contributed by atoms with E-state index in [-0.39, 0.29) is 5.41 Å². The second-order valence-electron chi connectivity index (χ2n) is 11.2. The maximum atomic E-state index is 12.1. The molecule has 0 radical (unpaired) electrons. The van der Waals surface area contributed by atoms with Crippen molar-refractivity contribution in [2.45, 2.75) is 45.2 Å². The first kappa shape index (κ1) is 26.9. The highest BCUT2D eigenvalue weighted by Gasteiger charge is 2.52. The van der Waals surface area contributed by atoms with E-state index in [1.54, 1.807) is 18.3 Å². The summed E-state index contributed by atoms with van der Waals surface area (Å²) >= 11 is 6.62. The number of amides is 1.